The van der Waals surface area contributed by atoms with Crippen LogP contribution in [0.4, 0.5) is 0 Å². The first-order chi connectivity index (χ1) is 9.88. The zero-order chi connectivity index (χ0) is 13.8. The summed E-state index contributed by atoms with van der Waals surface area (Å²) in [7, 11) is 1.33. The van der Waals surface area contributed by atoms with Crippen molar-refractivity contribution < 1.29 is 15.1 Å². The van der Waals surface area contributed by atoms with Crippen LogP contribution < -0.4 is 5.46 Å². The van der Waals surface area contributed by atoms with Crippen molar-refractivity contribution in [3.8, 4) is 11.1 Å². The van der Waals surface area contributed by atoms with Gasteiger partial charge in [-0.3, -0.25) is 4.81 Å². The molecule has 0 bridgehead atoms. The molecule has 0 amide bonds. The van der Waals surface area contributed by atoms with E-state index in [9.17, 15) is 0 Å². The van der Waals surface area contributed by atoms with Gasteiger partial charge >= 0.3 is 7.48 Å². The standard InChI is InChI=1S/C16H12BO3/c18-20-19-17-14-10-8-13(9-11-14)16-7-3-5-12-4-1-2-6-15(12)16/h1-11,18H. The fourth-order valence-electron chi connectivity index (χ4n) is 2.30. The molecule has 0 spiro atoms. The van der Waals surface area contributed by atoms with E-state index in [-0.39, 0.29) is 0 Å². The van der Waals surface area contributed by atoms with Crippen molar-refractivity contribution in [3.63, 3.8) is 0 Å². The van der Waals surface area contributed by atoms with Crippen molar-refractivity contribution in [2.24, 2.45) is 0 Å². The molecule has 20 heavy (non-hydrogen) atoms. The smallest absolute Gasteiger partial charge is 0.275 e. The predicted octanol–water partition coefficient (Wildman–Crippen LogP) is 3.17. The Bertz CT molecular complexity index is 705. The first kappa shape index (κ1) is 12.9. The van der Waals surface area contributed by atoms with Crippen LogP contribution in [-0.4, -0.2) is 12.7 Å². The Morgan fingerprint density at radius 2 is 1.55 bits per heavy atom. The van der Waals surface area contributed by atoms with E-state index in [0.29, 0.717) is 0 Å². The Kier molecular flexibility index (Phi) is 3.79. The second-order valence-corrected chi connectivity index (χ2v) is 4.44. The average molecular weight is 263 g/mol. The van der Waals surface area contributed by atoms with Crippen LogP contribution in [0.25, 0.3) is 21.9 Å². The third-order valence-corrected chi connectivity index (χ3v) is 3.24. The fourth-order valence-corrected chi connectivity index (χ4v) is 2.30. The van der Waals surface area contributed by atoms with Gasteiger partial charge in [-0.15, -0.1) is 0 Å². The minimum atomic E-state index is 0.808. The summed E-state index contributed by atoms with van der Waals surface area (Å²) in [5.74, 6) is 0. The summed E-state index contributed by atoms with van der Waals surface area (Å²) in [5.41, 5.74) is 3.13. The van der Waals surface area contributed by atoms with Gasteiger partial charge in [-0.25, -0.2) is 5.26 Å². The van der Waals surface area contributed by atoms with Gasteiger partial charge in [0.2, 0.25) is 0 Å². The highest BCUT2D eigenvalue weighted by Gasteiger charge is 2.04. The van der Waals surface area contributed by atoms with Crippen LogP contribution in [0, 0.1) is 0 Å². The highest BCUT2D eigenvalue weighted by atomic mass is 17.5. The lowest BCUT2D eigenvalue weighted by molar-refractivity contribution is -0.441. The number of benzene rings is 3. The second kappa shape index (κ2) is 5.88. The van der Waals surface area contributed by atoms with Gasteiger partial charge in [0.25, 0.3) is 0 Å². The molecule has 0 aromatic heterocycles. The molecule has 3 aromatic rings. The lowest BCUT2D eigenvalue weighted by Crippen LogP contribution is -2.16. The molecule has 3 rings (SSSR count). The van der Waals surface area contributed by atoms with Crippen LogP contribution in [0.15, 0.2) is 66.7 Å². The third kappa shape index (κ3) is 2.58. The first-order valence-corrected chi connectivity index (χ1v) is 6.27. The Hall–Kier alpha value is -2.14. The number of rotatable bonds is 4. The molecule has 0 aliphatic rings. The van der Waals surface area contributed by atoms with E-state index in [4.69, 9.17) is 5.26 Å². The van der Waals surface area contributed by atoms with Gasteiger partial charge in [0.05, 0.1) is 0 Å². The molecule has 0 atom stereocenters. The van der Waals surface area contributed by atoms with Crippen LogP contribution in [0.2, 0.25) is 0 Å². The van der Waals surface area contributed by atoms with Crippen LogP contribution >= 0.6 is 0 Å². The predicted molar refractivity (Wildman–Crippen MR) is 79.6 cm³/mol. The average Bonchev–Trinajstić information content (AvgIpc) is 2.53. The lowest BCUT2D eigenvalue weighted by atomic mass is 9.87. The topological polar surface area (TPSA) is 38.7 Å². The number of hydrogen-bond acceptors (Lipinski definition) is 3. The Labute approximate surface area is 117 Å². The highest BCUT2D eigenvalue weighted by Crippen LogP contribution is 2.27. The van der Waals surface area contributed by atoms with E-state index < -0.39 is 0 Å². The Morgan fingerprint density at radius 3 is 2.35 bits per heavy atom. The van der Waals surface area contributed by atoms with Gasteiger partial charge in [0.15, 0.2) is 0 Å². The first-order valence-electron chi connectivity index (χ1n) is 6.27. The normalized spacial score (nSPS) is 10.7. The molecule has 0 unspecified atom stereocenters. The van der Waals surface area contributed by atoms with Crippen molar-refractivity contribution >= 4 is 23.7 Å². The summed E-state index contributed by atoms with van der Waals surface area (Å²) in [4.78, 5) is 4.37. The fraction of sp³-hybridized carbons (Fsp3) is 0. The maximum atomic E-state index is 8.13. The van der Waals surface area contributed by atoms with Gasteiger partial charge in [0, 0.05) is 0 Å². The van der Waals surface area contributed by atoms with Gasteiger partial charge in [-0.1, -0.05) is 71.8 Å². The molecule has 0 fully saturated rings. The molecule has 0 aliphatic carbocycles. The molecule has 0 saturated carbocycles. The van der Waals surface area contributed by atoms with Gasteiger partial charge in [-0.2, -0.15) is 0 Å². The minimum Gasteiger partial charge on any atom is -0.275 e. The number of fused-ring (bicyclic) bond motifs is 1. The van der Waals surface area contributed by atoms with E-state index >= 15 is 0 Å². The van der Waals surface area contributed by atoms with Crippen LogP contribution in [0.3, 0.4) is 0 Å². The molecule has 4 heteroatoms. The summed E-state index contributed by atoms with van der Waals surface area (Å²) in [6, 6.07) is 22.4. The molecule has 97 valence electrons. The maximum Gasteiger partial charge on any atom is 0.385 e. The molecule has 1 N–H and O–H groups in total. The summed E-state index contributed by atoms with van der Waals surface area (Å²) in [5, 5.41) is 14.1. The molecule has 3 nitrogen and oxygen atoms in total. The maximum absolute atomic E-state index is 8.13. The van der Waals surface area contributed by atoms with Crippen molar-refractivity contribution in [2.75, 3.05) is 0 Å². The van der Waals surface area contributed by atoms with Gasteiger partial charge in [-0.05, 0) is 27.4 Å². The zero-order valence-electron chi connectivity index (χ0n) is 10.7. The van der Waals surface area contributed by atoms with Crippen molar-refractivity contribution in [1.82, 2.24) is 0 Å². The Balaban J connectivity index is 1.98. The molecule has 0 aliphatic heterocycles. The van der Waals surface area contributed by atoms with Gasteiger partial charge < -0.3 is 0 Å². The van der Waals surface area contributed by atoms with E-state index in [2.05, 4.69) is 40.2 Å². The van der Waals surface area contributed by atoms with Crippen molar-refractivity contribution in [1.29, 1.82) is 0 Å². The Morgan fingerprint density at radius 1 is 0.800 bits per heavy atom. The molecule has 0 heterocycles. The number of hydrogen-bond donors (Lipinski definition) is 1. The third-order valence-electron chi connectivity index (χ3n) is 3.24. The lowest BCUT2D eigenvalue weighted by Gasteiger charge is -2.07. The summed E-state index contributed by atoms with van der Waals surface area (Å²) in [6.07, 6.45) is 0. The summed E-state index contributed by atoms with van der Waals surface area (Å²) >= 11 is 0. The molecular formula is C16H12BO3. The minimum absolute atomic E-state index is 0.808. The van der Waals surface area contributed by atoms with E-state index in [1.54, 1.807) is 0 Å². The van der Waals surface area contributed by atoms with Gasteiger partial charge in [0.1, 0.15) is 0 Å². The zero-order valence-corrected chi connectivity index (χ0v) is 10.7. The van der Waals surface area contributed by atoms with E-state index in [1.165, 1.54) is 23.8 Å². The molecule has 1 radical (unpaired) electrons. The largest absolute Gasteiger partial charge is 0.385 e. The molecular weight excluding hydrogens is 251 g/mol. The summed E-state index contributed by atoms with van der Waals surface area (Å²) in [6.45, 7) is 0. The molecule has 3 aromatic carbocycles. The summed E-state index contributed by atoms with van der Waals surface area (Å²) < 4.78 is 0. The SMILES string of the molecule is OOO[B]c1ccc(-c2cccc3ccccc23)cc1. The monoisotopic (exact) mass is 263 g/mol. The van der Waals surface area contributed by atoms with Crippen molar-refractivity contribution in [2.45, 2.75) is 0 Å². The molecule has 0 saturated heterocycles. The highest BCUT2D eigenvalue weighted by molar-refractivity contribution is 6.46. The van der Waals surface area contributed by atoms with Crippen LogP contribution in [0.1, 0.15) is 0 Å². The van der Waals surface area contributed by atoms with E-state index in [0.717, 1.165) is 11.0 Å². The second-order valence-electron chi connectivity index (χ2n) is 4.44. The van der Waals surface area contributed by atoms with Crippen molar-refractivity contribution in [3.05, 3.63) is 66.7 Å². The van der Waals surface area contributed by atoms with E-state index in [1.807, 2.05) is 36.4 Å². The quantitative estimate of drug-likeness (QED) is 0.446. The van der Waals surface area contributed by atoms with Crippen LogP contribution in [0.5, 0.6) is 0 Å². The van der Waals surface area contributed by atoms with Crippen LogP contribution in [-0.2, 0) is 9.84 Å².